The van der Waals surface area contributed by atoms with Crippen molar-refractivity contribution in [3.05, 3.63) is 76.3 Å². The largest absolute Gasteiger partial charge is 0.0906 e. The van der Waals surface area contributed by atoms with Gasteiger partial charge in [0.2, 0.25) is 0 Å². The molecule has 2 aromatic rings. The highest BCUT2D eigenvalue weighted by Gasteiger charge is 2.01. The van der Waals surface area contributed by atoms with Crippen molar-refractivity contribution in [2.45, 2.75) is 33.1 Å². The van der Waals surface area contributed by atoms with Crippen LogP contribution in [-0.4, -0.2) is 0 Å². The first-order valence-electron chi connectivity index (χ1n) is 7.29. The van der Waals surface area contributed by atoms with Crippen LogP contribution < -0.4 is 0 Å². The molecule has 0 N–H and O–H groups in total. The molecule has 0 radical (unpaired) electrons. The van der Waals surface area contributed by atoms with Crippen molar-refractivity contribution in [2.75, 3.05) is 0 Å². The molecule has 0 saturated carbocycles. The molecule has 0 bridgehead atoms. The predicted molar refractivity (Wildman–Crippen MR) is 96.2 cm³/mol. The lowest BCUT2D eigenvalue weighted by Gasteiger charge is -2.06. The van der Waals surface area contributed by atoms with Crippen LogP contribution in [0.1, 0.15) is 44.2 Å². The number of benzene rings is 2. The van der Waals surface area contributed by atoms with Crippen LogP contribution >= 0.6 is 23.2 Å². The van der Waals surface area contributed by atoms with E-state index >= 15 is 0 Å². The summed E-state index contributed by atoms with van der Waals surface area (Å²) in [6, 6.07) is 15.3. The van der Waals surface area contributed by atoms with Gasteiger partial charge in [0.05, 0.1) is 0 Å². The second-order valence-electron chi connectivity index (χ2n) is 4.85. The van der Waals surface area contributed by atoms with Crippen LogP contribution in [0, 0.1) is 0 Å². The van der Waals surface area contributed by atoms with E-state index in [1.165, 1.54) is 19.3 Å². The zero-order chi connectivity index (χ0) is 15.7. The maximum absolute atomic E-state index is 5.84. The summed E-state index contributed by atoms with van der Waals surface area (Å²) in [7, 11) is 0. The lowest BCUT2D eigenvalue weighted by molar-refractivity contribution is 0.772. The molecule has 0 fully saturated rings. The van der Waals surface area contributed by atoms with Gasteiger partial charge in [-0.15, -0.1) is 0 Å². The first-order chi connectivity index (χ1) is 10.1. The maximum Gasteiger partial charge on any atom is 0.0406 e. The lowest BCUT2D eigenvalue weighted by Crippen LogP contribution is -1.85. The molecule has 0 heterocycles. The molecule has 0 atom stereocenters. The second-order valence-corrected chi connectivity index (χ2v) is 5.72. The molecule has 0 aliphatic rings. The minimum Gasteiger partial charge on any atom is -0.0906 e. The van der Waals surface area contributed by atoms with E-state index in [1.54, 1.807) is 0 Å². The number of halogens is 2. The molecule has 0 aromatic heterocycles. The molecular weight excluding hydrogens is 299 g/mol. The minimum absolute atomic E-state index is 0.729. The predicted octanol–water partition coefficient (Wildman–Crippen LogP) is 7.25. The van der Waals surface area contributed by atoms with Crippen LogP contribution in [0.25, 0.3) is 5.57 Å². The first kappa shape index (κ1) is 17.8. The molecular formula is C19H22Cl2. The lowest BCUT2D eigenvalue weighted by atomic mass is 10.00. The van der Waals surface area contributed by atoms with Gasteiger partial charge in [0, 0.05) is 10.0 Å². The molecule has 112 valence electrons. The van der Waals surface area contributed by atoms with E-state index in [-0.39, 0.29) is 0 Å². The first-order valence-corrected chi connectivity index (χ1v) is 8.04. The van der Waals surface area contributed by atoms with Crippen molar-refractivity contribution >= 4 is 28.8 Å². The topological polar surface area (TPSA) is 0 Å². The molecule has 0 spiro atoms. The summed E-state index contributed by atoms with van der Waals surface area (Å²) in [6.07, 6.45) is 4.08. The Morgan fingerprint density at radius 3 is 1.33 bits per heavy atom. The third kappa shape index (κ3) is 6.37. The van der Waals surface area contributed by atoms with Gasteiger partial charge in [0.1, 0.15) is 0 Å². The summed E-state index contributed by atoms with van der Waals surface area (Å²) in [5, 5.41) is 1.46. The molecule has 2 aromatic carbocycles. The van der Waals surface area contributed by atoms with Crippen LogP contribution in [0.15, 0.2) is 55.1 Å². The molecule has 0 aliphatic carbocycles. The van der Waals surface area contributed by atoms with Gasteiger partial charge in [-0.25, -0.2) is 0 Å². The van der Waals surface area contributed by atoms with Crippen molar-refractivity contribution in [2.24, 2.45) is 0 Å². The Balaban J connectivity index is 0.000000383. The van der Waals surface area contributed by atoms with Crippen molar-refractivity contribution in [3.8, 4) is 0 Å². The highest BCUT2D eigenvalue weighted by atomic mass is 35.5. The third-order valence-corrected chi connectivity index (χ3v) is 3.60. The Morgan fingerprint density at radius 2 is 1.10 bits per heavy atom. The summed E-state index contributed by atoms with van der Waals surface area (Å²) in [6.45, 7) is 8.49. The van der Waals surface area contributed by atoms with E-state index < -0.39 is 0 Å². The van der Waals surface area contributed by atoms with Gasteiger partial charge < -0.3 is 0 Å². The quantitative estimate of drug-likeness (QED) is 0.556. The van der Waals surface area contributed by atoms with E-state index in [2.05, 4.69) is 20.4 Å². The molecule has 21 heavy (non-hydrogen) atoms. The standard InChI is InChI=1S/C14H10Cl2.C5H12/c1-10(11-2-6-13(15)7-3-11)12-4-8-14(16)9-5-12;1-3-5-4-2/h2-9H,1H2;3-5H2,1-2H3. The van der Waals surface area contributed by atoms with E-state index in [4.69, 9.17) is 23.2 Å². The molecule has 0 saturated heterocycles. The highest BCUT2D eigenvalue weighted by Crippen LogP contribution is 2.24. The number of unbranched alkanes of at least 4 members (excludes halogenated alkanes) is 2. The third-order valence-electron chi connectivity index (χ3n) is 3.09. The monoisotopic (exact) mass is 320 g/mol. The van der Waals surface area contributed by atoms with Crippen LogP contribution in [0.3, 0.4) is 0 Å². The SMILES string of the molecule is C=C(c1ccc(Cl)cc1)c1ccc(Cl)cc1.CCCCC. The summed E-state index contributed by atoms with van der Waals surface area (Å²) < 4.78 is 0. The van der Waals surface area contributed by atoms with Gasteiger partial charge >= 0.3 is 0 Å². The minimum atomic E-state index is 0.729. The van der Waals surface area contributed by atoms with Gasteiger partial charge in [-0.1, -0.05) is 87.2 Å². The van der Waals surface area contributed by atoms with E-state index in [0.29, 0.717) is 0 Å². The van der Waals surface area contributed by atoms with Gasteiger partial charge in [0.15, 0.2) is 0 Å². The molecule has 2 heteroatoms. The molecule has 0 amide bonds. The molecule has 0 nitrogen and oxygen atoms in total. The van der Waals surface area contributed by atoms with E-state index in [9.17, 15) is 0 Å². The fraction of sp³-hybridized carbons (Fsp3) is 0.263. The Morgan fingerprint density at radius 1 is 0.762 bits per heavy atom. The maximum atomic E-state index is 5.84. The second kappa shape index (κ2) is 9.65. The highest BCUT2D eigenvalue weighted by molar-refractivity contribution is 6.30. The van der Waals surface area contributed by atoms with Crippen molar-refractivity contribution in [3.63, 3.8) is 0 Å². The smallest absolute Gasteiger partial charge is 0.0406 e. The van der Waals surface area contributed by atoms with Crippen LogP contribution in [0.4, 0.5) is 0 Å². The summed E-state index contributed by atoms with van der Waals surface area (Å²) >= 11 is 11.7. The zero-order valence-electron chi connectivity index (χ0n) is 12.7. The Labute approximate surface area is 138 Å². The normalized spacial score (nSPS) is 9.71. The summed E-state index contributed by atoms with van der Waals surface area (Å²) in [5.41, 5.74) is 3.09. The Bertz CT molecular complexity index is 489. The Hall–Kier alpha value is -1.24. The summed E-state index contributed by atoms with van der Waals surface area (Å²) in [4.78, 5) is 0. The number of hydrogen-bond donors (Lipinski definition) is 0. The fourth-order valence-electron chi connectivity index (χ4n) is 1.82. The zero-order valence-corrected chi connectivity index (χ0v) is 14.2. The average molecular weight is 321 g/mol. The summed E-state index contributed by atoms with van der Waals surface area (Å²) in [5.74, 6) is 0. The van der Waals surface area contributed by atoms with Crippen LogP contribution in [0.2, 0.25) is 10.0 Å². The van der Waals surface area contributed by atoms with Gasteiger partial charge in [0.25, 0.3) is 0 Å². The molecule has 2 rings (SSSR count). The molecule has 0 aliphatic heterocycles. The number of rotatable bonds is 4. The van der Waals surface area contributed by atoms with Crippen LogP contribution in [-0.2, 0) is 0 Å². The number of hydrogen-bond acceptors (Lipinski definition) is 0. The molecule has 0 unspecified atom stereocenters. The van der Waals surface area contributed by atoms with Gasteiger partial charge in [-0.3, -0.25) is 0 Å². The Kier molecular flexibility index (Phi) is 8.19. The van der Waals surface area contributed by atoms with Crippen molar-refractivity contribution < 1.29 is 0 Å². The van der Waals surface area contributed by atoms with Crippen LogP contribution in [0.5, 0.6) is 0 Å². The van der Waals surface area contributed by atoms with E-state index in [0.717, 1.165) is 26.7 Å². The van der Waals surface area contributed by atoms with E-state index in [1.807, 2.05) is 48.5 Å². The van der Waals surface area contributed by atoms with Crippen molar-refractivity contribution in [1.82, 2.24) is 0 Å². The van der Waals surface area contributed by atoms with Gasteiger partial charge in [-0.05, 0) is 41.0 Å². The van der Waals surface area contributed by atoms with Gasteiger partial charge in [-0.2, -0.15) is 0 Å². The average Bonchev–Trinajstić information content (AvgIpc) is 2.49. The fourth-order valence-corrected chi connectivity index (χ4v) is 2.07. The van der Waals surface area contributed by atoms with Crippen molar-refractivity contribution in [1.29, 1.82) is 0 Å².